The Morgan fingerprint density at radius 2 is 2.44 bits per heavy atom. The van der Waals surface area contributed by atoms with Gasteiger partial charge in [0.2, 0.25) is 0 Å². The van der Waals surface area contributed by atoms with E-state index in [-0.39, 0.29) is 0 Å². The van der Waals surface area contributed by atoms with Gasteiger partial charge in [-0.1, -0.05) is 6.58 Å². The number of allylic oxidation sites excluding steroid dienone is 1. The van der Waals surface area contributed by atoms with Crippen molar-refractivity contribution in [2.24, 2.45) is 0 Å². The first kappa shape index (κ1) is 6.49. The molecule has 0 aromatic carbocycles. The van der Waals surface area contributed by atoms with Crippen molar-refractivity contribution in [3.05, 3.63) is 22.7 Å². The molecule has 48 valence electrons. The van der Waals surface area contributed by atoms with Gasteiger partial charge >= 0.3 is 0 Å². The van der Waals surface area contributed by atoms with Gasteiger partial charge in [-0.25, -0.2) is 4.98 Å². The molecule has 0 radical (unpaired) electrons. The van der Waals surface area contributed by atoms with Gasteiger partial charge in [-0.3, -0.25) is 0 Å². The van der Waals surface area contributed by atoms with Crippen LogP contribution in [0.3, 0.4) is 0 Å². The third-order valence-electron chi connectivity index (χ3n) is 0.986. The Labute approximate surface area is 59.1 Å². The summed E-state index contributed by atoms with van der Waals surface area (Å²) in [7, 11) is 0. The zero-order chi connectivity index (χ0) is 6.85. The van der Waals surface area contributed by atoms with Gasteiger partial charge in [0.1, 0.15) is 5.01 Å². The van der Waals surface area contributed by atoms with Crippen LogP contribution < -0.4 is 0 Å². The SMILES string of the molecule is C=C(C)c1ncc(C)s1. The van der Waals surface area contributed by atoms with Crippen LogP contribution >= 0.6 is 11.3 Å². The molecule has 0 N–H and O–H groups in total. The molecule has 0 aliphatic rings. The molecule has 0 amide bonds. The van der Waals surface area contributed by atoms with Crippen molar-refractivity contribution >= 4 is 16.9 Å². The summed E-state index contributed by atoms with van der Waals surface area (Å²) in [5.74, 6) is 0. The van der Waals surface area contributed by atoms with Crippen molar-refractivity contribution in [1.29, 1.82) is 0 Å². The van der Waals surface area contributed by atoms with Gasteiger partial charge < -0.3 is 0 Å². The third kappa shape index (κ3) is 1.39. The standard InChI is InChI=1S/C7H9NS/c1-5(2)7-8-4-6(3)9-7/h4H,1H2,2-3H3. The molecule has 0 spiro atoms. The van der Waals surface area contributed by atoms with Gasteiger partial charge in [0, 0.05) is 11.1 Å². The summed E-state index contributed by atoms with van der Waals surface area (Å²) in [6.07, 6.45) is 1.87. The third-order valence-corrected chi connectivity index (χ3v) is 2.06. The Morgan fingerprint density at radius 1 is 1.78 bits per heavy atom. The molecule has 2 heteroatoms. The van der Waals surface area contributed by atoms with Crippen LogP contribution in [0.1, 0.15) is 16.8 Å². The lowest BCUT2D eigenvalue weighted by atomic mass is 10.4. The second kappa shape index (κ2) is 2.31. The minimum Gasteiger partial charge on any atom is -0.245 e. The second-order valence-electron chi connectivity index (χ2n) is 2.06. The number of aryl methyl sites for hydroxylation is 1. The highest BCUT2D eigenvalue weighted by molar-refractivity contribution is 7.12. The fourth-order valence-corrected chi connectivity index (χ4v) is 1.24. The molecule has 1 aromatic heterocycles. The maximum Gasteiger partial charge on any atom is 0.118 e. The van der Waals surface area contributed by atoms with Gasteiger partial charge in [0.05, 0.1) is 0 Å². The average Bonchev–Trinajstić information content (AvgIpc) is 2.14. The van der Waals surface area contributed by atoms with Crippen LogP contribution in [0.15, 0.2) is 12.8 Å². The van der Waals surface area contributed by atoms with E-state index in [1.165, 1.54) is 4.88 Å². The first-order valence-electron chi connectivity index (χ1n) is 2.78. The average molecular weight is 139 g/mol. The Bertz CT molecular complexity index is 225. The second-order valence-corrected chi connectivity index (χ2v) is 3.29. The Balaban J connectivity index is 2.98. The zero-order valence-corrected chi connectivity index (χ0v) is 6.46. The molecule has 9 heavy (non-hydrogen) atoms. The fourth-order valence-electron chi connectivity index (χ4n) is 0.552. The van der Waals surface area contributed by atoms with Crippen LogP contribution in [-0.4, -0.2) is 4.98 Å². The Kier molecular flexibility index (Phi) is 1.67. The molecular formula is C7H9NS. The molecule has 1 rings (SSSR count). The minimum atomic E-state index is 1.05. The predicted molar refractivity (Wildman–Crippen MR) is 41.6 cm³/mol. The van der Waals surface area contributed by atoms with E-state index in [9.17, 15) is 0 Å². The van der Waals surface area contributed by atoms with Crippen LogP contribution in [0.4, 0.5) is 0 Å². The van der Waals surface area contributed by atoms with E-state index in [2.05, 4.69) is 11.6 Å². The van der Waals surface area contributed by atoms with E-state index in [1.807, 2.05) is 20.0 Å². The lowest BCUT2D eigenvalue weighted by molar-refractivity contribution is 1.34. The van der Waals surface area contributed by atoms with Crippen molar-refractivity contribution < 1.29 is 0 Å². The molecular weight excluding hydrogens is 130 g/mol. The highest BCUT2D eigenvalue weighted by Gasteiger charge is 1.95. The number of rotatable bonds is 1. The topological polar surface area (TPSA) is 12.9 Å². The van der Waals surface area contributed by atoms with Crippen LogP contribution in [0, 0.1) is 6.92 Å². The Hall–Kier alpha value is -0.630. The fraction of sp³-hybridized carbons (Fsp3) is 0.286. The van der Waals surface area contributed by atoms with Gasteiger partial charge in [-0.05, 0) is 19.4 Å². The number of nitrogens with zero attached hydrogens (tertiary/aromatic N) is 1. The van der Waals surface area contributed by atoms with E-state index in [0.29, 0.717) is 0 Å². The van der Waals surface area contributed by atoms with Crippen LogP contribution in [0.25, 0.3) is 5.57 Å². The summed E-state index contributed by atoms with van der Waals surface area (Å²) in [5, 5.41) is 1.05. The normalized spacial score (nSPS) is 9.56. The van der Waals surface area contributed by atoms with Crippen molar-refractivity contribution in [3.63, 3.8) is 0 Å². The molecule has 1 heterocycles. The van der Waals surface area contributed by atoms with Crippen LogP contribution in [0.2, 0.25) is 0 Å². The number of aromatic nitrogens is 1. The first-order valence-corrected chi connectivity index (χ1v) is 3.60. The van der Waals surface area contributed by atoms with Crippen LogP contribution in [-0.2, 0) is 0 Å². The van der Waals surface area contributed by atoms with Gasteiger partial charge in [-0.15, -0.1) is 11.3 Å². The van der Waals surface area contributed by atoms with Crippen molar-refractivity contribution in [2.45, 2.75) is 13.8 Å². The molecule has 0 fully saturated rings. The summed E-state index contributed by atoms with van der Waals surface area (Å²) in [5.41, 5.74) is 1.05. The van der Waals surface area contributed by atoms with E-state index >= 15 is 0 Å². The number of thiazole rings is 1. The summed E-state index contributed by atoms with van der Waals surface area (Å²) in [6.45, 7) is 7.80. The van der Waals surface area contributed by atoms with E-state index in [0.717, 1.165) is 10.6 Å². The molecule has 0 bridgehead atoms. The van der Waals surface area contributed by atoms with Crippen molar-refractivity contribution in [3.8, 4) is 0 Å². The highest BCUT2D eigenvalue weighted by atomic mass is 32.1. The molecule has 1 nitrogen and oxygen atoms in total. The molecule has 1 aromatic rings. The van der Waals surface area contributed by atoms with Gasteiger partial charge in [0.25, 0.3) is 0 Å². The van der Waals surface area contributed by atoms with Crippen LogP contribution in [0.5, 0.6) is 0 Å². The maximum atomic E-state index is 4.13. The lowest BCUT2D eigenvalue weighted by Crippen LogP contribution is -1.69. The summed E-state index contributed by atoms with van der Waals surface area (Å²) in [4.78, 5) is 5.38. The summed E-state index contributed by atoms with van der Waals surface area (Å²) >= 11 is 1.69. The number of hydrogen-bond donors (Lipinski definition) is 0. The predicted octanol–water partition coefficient (Wildman–Crippen LogP) is 2.48. The first-order chi connectivity index (χ1) is 4.20. The molecule has 0 saturated heterocycles. The summed E-state index contributed by atoms with van der Waals surface area (Å²) < 4.78 is 0. The molecule has 0 saturated carbocycles. The highest BCUT2D eigenvalue weighted by Crippen LogP contribution is 2.17. The van der Waals surface area contributed by atoms with Gasteiger partial charge in [-0.2, -0.15) is 0 Å². The van der Waals surface area contributed by atoms with Gasteiger partial charge in [0.15, 0.2) is 0 Å². The number of hydrogen-bond acceptors (Lipinski definition) is 2. The Morgan fingerprint density at radius 3 is 2.67 bits per heavy atom. The van der Waals surface area contributed by atoms with E-state index in [4.69, 9.17) is 0 Å². The maximum absolute atomic E-state index is 4.13. The minimum absolute atomic E-state index is 1.05. The summed E-state index contributed by atoms with van der Waals surface area (Å²) in [6, 6.07) is 0. The van der Waals surface area contributed by atoms with E-state index < -0.39 is 0 Å². The largest absolute Gasteiger partial charge is 0.245 e. The molecule has 0 atom stereocenters. The van der Waals surface area contributed by atoms with Crippen molar-refractivity contribution in [2.75, 3.05) is 0 Å². The molecule has 0 aliphatic carbocycles. The lowest BCUT2D eigenvalue weighted by Gasteiger charge is -1.85. The zero-order valence-electron chi connectivity index (χ0n) is 5.64. The van der Waals surface area contributed by atoms with Crippen molar-refractivity contribution in [1.82, 2.24) is 4.98 Å². The quantitative estimate of drug-likeness (QED) is 0.582. The smallest absolute Gasteiger partial charge is 0.118 e. The monoisotopic (exact) mass is 139 g/mol. The molecule has 0 aliphatic heterocycles. The molecule has 0 unspecified atom stereocenters. The van der Waals surface area contributed by atoms with E-state index in [1.54, 1.807) is 11.3 Å².